The molecule has 3 rings (SSSR count). The van der Waals surface area contributed by atoms with Gasteiger partial charge < -0.3 is 9.47 Å². The fourth-order valence-corrected chi connectivity index (χ4v) is 3.89. The van der Waals surface area contributed by atoms with Crippen molar-refractivity contribution in [3.8, 4) is 17.6 Å². The molecule has 0 bridgehead atoms. The van der Waals surface area contributed by atoms with Crippen molar-refractivity contribution in [1.29, 1.82) is 5.26 Å². The third kappa shape index (κ3) is 4.90. The van der Waals surface area contributed by atoms with Gasteiger partial charge in [0.15, 0.2) is 11.6 Å². The van der Waals surface area contributed by atoms with E-state index in [0.29, 0.717) is 0 Å². The van der Waals surface area contributed by atoms with E-state index < -0.39 is 29.6 Å². The van der Waals surface area contributed by atoms with Crippen molar-refractivity contribution < 1.29 is 23.0 Å². The maximum atomic E-state index is 14.2. The molecule has 0 radical (unpaired) electrons. The molecule has 3 atom stereocenters. The number of carbonyl (C=O) groups is 1. The molecule has 0 aromatic heterocycles. The van der Waals surface area contributed by atoms with E-state index in [9.17, 15) is 18.8 Å². The van der Waals surface area contributed by atoms with Crippen LogP contribution in [-0.4, -0.2) is 5.97 Å². The average Bonchev–Trinajstić information content (AvgIpc) is 3.22. The highest BCUT2D eigenvalue weighted by Gasteiger charge is 2.61. The van der Waals surface area contributed by atoms with Crippen molar-refractivity contribution in [1.82, 2.24) is 0 Å². The summed E-state index contributed by atoms with van der Waals surface area (Å²) in [5.74, 6) is -1.98. The molecule has 156 valence electrons. The molecular formula is C22H17Br2F2NO3. The molecule has 0 heterocycles. The number of hydrogen-bond acceptors (Lipinski definition) is 4. The van der Waals surface area contributed by atoms with Crippen molar-refractivity contribution in [2.45, 2.75) is 20.0 Å². The Hall–Kier alpha value is -2.24. The molecule has 0 saturated heterocycles. The van der Waals surface area contributed by atoms with Crippen LogP contribution >= 0.6 is 31.9 Å². The van der Waals surface area contributed by atoms with Crippen molar-refractivity contribution in [2.75, 3.05) is 0 Å². The summed E-state index contributed by atoms with van der Waals surface area (Å²) < 4.78 is 38.8. The SMILES string of the molecule is CC1(C)[C@H](C(=O)OC(C#N)c2ccc(F)c(Oc3ccc(F)cc3)c2)[C@@H]1C=C(Br)Br. The van der Waals surface area contributed by atoms with Crippen LogP contribution in [0.15, 0.2) is 51.9 Å². The van der Waals surface area contributed by atoms with Gasteiger partial charge in [0, 0.05) is 5.56 Å². The standard InChI is InChI=1S/C22H17Br2F2NO3/c1-22(2)15(10-19(23)24)20(22)21(28)30-18(11-27)12-3-8-16(26)17(9-12)29-14-6-4-13(25)5-7-14/h3-10,15,18,20H,1-2H3/t15-,18?,20-/m0/s1. The van der Waals surface area contributed by atoms with Crippen LogP contribution in [0.4, 0.5) is 8.78 Å². The summed E-state index contributed by atoms with van der Waals surface area (Å²) in [7, 11) is 0. The van der Waals surface area contributed by atoms with Gasteiger partial charge >= 0.3 is 5.97 Å². The van der Waals surface area contributed by atoms with Gasteiger partial charge in [-0.1, -0.05) is 26.0 Å². The first kappa shape index (κ1) is 22.4. The van der Waals surface area contributed by atoms with Gasteiger partial charge in [-0.25, -0.2) is 8.78 Å². The van der Waals surface area contributed by atoms with E-state index in [2.05, 4.69) is 31.9 Å². The third-order valence-electron chi connectivity index (χ3n) is 5.12. The third-order valence-corrected chi connectivity index (χ3v) is 5.65. The van der Waals surface area contributed by atoms with Crippen LogP contribution in [0.5, 0.6) is 11.5 Å². The highest BCUT2D eigenvalue weighted by molar-refractivity contribution is 9.28. The van der Waals surface area contributed by atoms with Crippen molar-refractivity contribution >= 4 is 37.8 Å². The minimum atomic E-state index is -1.22. The zero-order valence-corrected chi connectivity index (χ0v) is 19.2. The number of halogens is 4. The Morgan fingerprint density at radius 3 is 2.47 bits per heavy atom. The van der Waals surface area contributed by atoms with Gasteiger partial charge in [0.1, 0.15) is 17.6 Å². The molecular weight excluding hydrogens is 524 g/mol. The summed E-state index contributed by atoms with van der Waals surface area (Å²) in [6.07, 6.45) is 0.655. The number of allylic oxidation sites excluding steroid dienone is 1. The first-order valence-electron chi connectivity index (χ1n) is 8.99. The molecule has 2 aromatic carbocycles. The van der Waals surface area contributed by atoms with E-state index in [0.717, 1.165) is 9.46 Å². The van der Waals surface area contributed by atoms with Crippen LogP contribution in [0.25, 0.3) is 0 Å². The Kier molecular flexibility index (Phi) is 6.63. The molecule has 0 spiro atoms. The lowest BCUT2D eigenvalue weighted by atomic mass is 10.1. The Morgan fingerprint density at radius 1 is 1.20 bits per heavy atom. The minimum absolute atomic E-state index is 0.0383. The number of esters is 1. The molecule has 4 nitrogen and oxygen atoms in total. The Bertz CT molecular complexity index is 1030. The number of hydrogen-bond donors (Lipinski definition) is 0. The first-order chi connectivity index (χ1) is 14.1. The minimum Gasteiger partial charge on any atom is -0.454 e. The topological polar surface area (TPSA) is 59.3 Å². The van der Waals surface area contributed by atoms with E-state index in [-0.39, 0.29) is 28.4 Å². The van der Waals surface area contributed by atoms with Crippen LogP contribution < -0.4 is 4.74 Å². The molecule has 2 aromatic rings. The molecule has 1 aliphatic rings. The summed E-state index contributed by atoms with van der Waals surface area (Å²) >= 11 is 6.59. The van der Waals surface area contributed by atoms with E-state index in [1.54, 1.807) is 0 Å². The van der Waals surface area contributed by atoms with Gasteiger partial charge in [0.25, 0.3) is 0 Å². The van der Waals surface area contributed by atoms with E-state index >= 15 is 0 Å². The molecule has 1 fully saturated rings. The zero-order valence-electron chi connectivity index (χ0n) is 16.0. The first-order valence-corrected chi connectivity index (χ1v) is 10.6. The van der Waals surface area contributed by atoms with E-state index in [1.165, 1.54) is 36.4 Å². The normalized spacial score (nSPS) is 19.9. The number of nitriles is 1. The molecule has 1 unspecified atom stereocenters. The van der Waals surface area contributed by atoms with Crippen molar-refractivity contribution in [3.05, 3.63) is 69.1 Å². The van der Waals surface area contributed by atoms with Crippen LogP contribution in [0.2, 0.25) is 0 Å². The highest BCUT2D eigenvalue weighted by Crippen LogP contribution is 2.60. The summed E-state index contributed by atoms with van der Waals surface area (Å²) in [6, 6.07) is 10.8. The number of carbonyl (C=O) groups excluding carboxylic acids is 1. The summed E-state index contributed by atoms with van der Waals surface area (Å²) in [4.78, 5) is 12.7. The van der Waals surface area contributed by atoms with Gasteiger partial charge in [-0.3, -0.25) is 4.79 Å². The van der Waals surface area contributed by atoms with E-state index in [4.69, 9.17) is 9.47 Å². The average molecular weight is 541 g/mol. The Labute approximate surface area is 189 Å². The largest absolute Gasteiger partial charge is 0.454 e. The summed E-state index contributed by atoms with van der Waals surface area (Å²) in [5.41, 5.74) is -0.0274. The molecule has 1 saturated carbocycles. The second kappa shape index (κ2) is 8.86. The number of benzene rings is 2. The van der Waals surface area contributed by atoms with Gasteiger partial charge in [-0.2, -0.15) is 5.26 Å². The number of nitrogens with zero attached hydrogens (tertiary/aromatic N) is 1. The second-order valence-electron chi connectivity index (χ2n) is 7.47. The number of rotatable bonds is 6. The molecule has 30 heavy (non-hydrogen) atoms. The van der Waals surface area contributed by atoms with Crippen LogP contribution in [0, 0.1) is 40.2 Å². The molecule has 0 amide bonds. The fraction of sp³-hybridized carbons (Fsp3) is 0.273. The monoisotopic (exact) mass is 539 g/mol. The summed E-state index contributed by atoms with van der Waals surface area (Å²) in [6.45, 7) is 3.88. The summed E-state index contributed by atoms with van der Waals surface area (Å²) in [5, 5.41) is 9.52. The predicted molar refractivity (Wildman–Crippen MR) is 114 cm³/mol. The lowest BCUT2D eigenvalue weighted by Crippen LogP contribution is -2.14. The van der Waals surface area contributed by atoms with Crippen LogP contribution in [-0.2, 0) is 9.53 Å². The maximum absolute atomic E-state index is 14.2. The fourth-order valence-electron chi connectivity index (χ4n) is 3.32. The number of ether oxygens (including phenoxy) is 2. The smallest absolute Gasteiger partial charge is 0.311 e. The van der Waals surface area contributed by atoms with Gasteiger partial charge in [-0.05, 0) is 79.6 Å². The van der Waals surface area contributed by atoms with Gasteiger partial charge in [0.05, 0.1) is 9.31 Å². The lowest BCUT2D eigenvalue weighted by Gasteiger charge is -2.14. The van der Waals surface area contributed by atoms with Gasteiger partial charge in [-0.15, -0.1) is 0 Å². The highest BCUT2D eigenvalue weighted by atomic mass is 79.9. The second-order valence-corrected chi connectivity index (χ2v) is 10.2. The Morgan fingerprint density at radius 2 is 1.87 bits per heavy atom. The van der Waals surface area contributed by atoms with Crippen molar-refractivity contribution in [3.63, 3.8) is 0 Å². The quantitative estimate of drug-likeness (QED) is 0.379. The lowest BCUT2D eigenvalue weighted by molar-refractivity contribution is -0.149. The molecule has 0 N–H and O–H groups in total. The van der Waals surface area contributed by atoms with Crippen LogP contribution in [0.1, 0.15) is 25.5 Å². The van der Waals surface area contributed by atoms with Gasteiger partial charge in [0.2, 0.25) is 6.10 Å². The van der Waals surface area contributed by atoms with Crippen molar-refractivity contribution in [2.24, 2.45) is 17.3 Å². The molecule has 0 aliphatic heterocycles. The van der Waals surface area contributed by atoms with E-state index in [1.807, 2.05) is 26.0 Å². The zero-order chi connectivity index (χ0) is 22.1. The molecule has 8 heteroatoms. The predicted octanol–water partition coefficient (Wildman–Crippen LogP) is 6.77. The Balaban J connectivity index is 1.77. The maximum Gasteiger partial charge on any atom is 0.311 e. The molecule has 1 aliphatic carbocycles. The van der Waals surface area contributed by atoms with Crippen LogP contribution in [0.3, 0.4) is 0 Å².